The van der Waals surface area contributed by atoms with E-state index in [1.807, 2.05) is 91.0 Å². The second-order valence-corrected chi connectivity index (χ2v) is 8.28. The molecular formula is C29H30O5. The fourth-order valence-corrected chi connectivity index (χ4v) is 3.99. The zero-order chi connectivity index (χ0) is 23.6. The molecule has 0 aromatic heterocycles. The van der Waals surface area contributed by atoms with Gasteiger partial charge in [0.1, 0.15) is 30.5 Å². The van der Waals surface area contributed by atoms with Gasteiger partial charge in [0.05, 0.1) is 26.4 Å². The van der Waals surface area contributed by atoms with Crippen LogP contribution >= 0.6 is 0 Å². The van der Waals surface area contributed by atoms with Gasteiger partial charge in [-0.1, -0.05) is 96.9 Å². The Morgan fingerprint density at radius 2 is 1.18 bits per heavy atom. The molecule has 3 aromatic rings. The Bertz CT molecular complexity index is 1020. The highest BCUT2D eigenvalue weighted by atomic mass is 16.6. The topological polar surface area (TPSA) is 57.2 Å². The summed E-state index contributed by atoms with van der Waals surface area (Å²) >= 11 is 0. The van der Waals surface area contributed by atoms with E-state index in [4.69, 9.17) is 25.4 Å². The second-order valence-electron chi connectivity index (χ2n) is 8.28. The van der Waals surface area contributed by atoms with Crippen molar-refractivity contribution < 1.29 is 24.1 Å². The molecule has 0 spiro atoms. The van der Waals surface area contributed by atoms with Crippen molar-refractivity contribution in [3.63, 3.8) is 0 Å². The zero-order valence-corrected chi connectivity index (χ0v) is 19.0. The third kappa shape index (κ3) is 6.54. The Kier molecular flexibility index (Phi) is 8.86. The standard InChI is InChI=1S/C29H30O5/c1-2-25-27(30)29(33-20-24-16-10-5-11-17-24)28(32-19-23-14-8-4-9-15-23)26(34-25)21-31-18-22-12-6-3-7-13-22/h1,3-17,25-30H,18-21H2/t25-,26-,27+,28-,29-/m1/s1. The number of hydrogen-bond acceptors (Lipinski definition) is 5. The molecule has 0 amide bonds. The van der Waals surface area contributed by atoms with E-state index in [9.17, 15) is 5.11 Å². The highest BCUT2D eigenvalue weighted by molar-refractivity contribution is 5.16. The minimum Gasteiger partial charge on any atom is -0.387 e. The lowest BCUT2D eigenvalue weighted by Gasteiger charge is -2.43. The van der Waals surface area contributed by atoms with Crippen molar-refractivity contribution in [2.75, 3.05) is 6.61 Å². The van der Waals surface area contributed by atoms with E-state index in [-0.39, 0.29) is 6.61 Å². The lowest BCUT2D eigenvalue weighted by molar-refractivity contribution is -0.249. The first kappa shape index (κ1) is 24.2. The molecule has 34 heavy (non-hydrogen) atoms. The normalized spacial score (nSPS) is 24.4. The number of aliphatic hydroxyl groups excluding tert-OH is 1. The van der Waals surface area contributed by atoms with E-state index in [1.54, 1.807) is 0 Å². The maximum atomic E-state index is 11.0. The molecule has 1 heterocycles. The van der Waals surface area contributed by atoms with Gasteiger partial charge < -0.3 is 24.1 Å². The van der Waals surface area contributed by atoms with Crippen LogP contribution in [0.3, 0.4) is 0 Å². The minimum atomic E-state index is -1.03. The first-order chi connectivity index (χ1) is 16.7. The van der Waals surface area contributed by atoms with Gasteiger partial charge in [-0.15, -0.1) is 6.42 Å². The van der Waals surface area contributed by atoms with Gasteiger partial charge in [0, 0.05) is 0 Å². The number of aliphatic hydroxyl groups is 1. The largest absolute Gasteiger partial charge is 0.387 e. The Labute approximate surface area is 201 Å². The predicted octanol–water partition coefficient (Wildman–Crippen LogP) is 4.14. The molecule has 1 aliphatic rings. The molecule has 5 heteroatoms. The monoisotopic (exact) mass is 458 g/mol. The van der Waals surface area contributed by atoms with E-state index >= 15 is 0 Å². The molecule has 176 valence electrons. The summed E-state index contributed by atoms with van der Waals surface area (Å²) in [6.07, 6.45) is 2.09. The summed E-state index contributed by atoms with van der Waals surface area (Å²) in [4.78, 5) is 0. The number of ether oxygens (including phenoxy) is 4. The molecule has 1 N–H and O–H groups in total. The molecule has 4 rings (SSSR count). The van der Waals surface area contributed by atoms with Crippen molar-refractivity contribution in [3.05, 3.63) is 108 Å². The lowest BCUT2D eigenvalue weighted by atomic mass is 9.94. The quantitative estimate of drug-likeness (QED) is 0.463. The van der Waals surface area contributed by atoms with E-state index in [2.05, 4.69) is 5.92 Å². The average molecular weight is 459 g/mol. The summed E-state index contributed by atoms with van der Waals surface area (Å²) in [5, 5.41) is 11.0. The molecule has 1 saturated heterocycles. The summed E-state index contributed by atoms with van der Waals surface area (Å²) in [6.45, 7) is 1.36. The molecule has 0 radical (unpaired) electrons. The van der Waals surface area contributed by atoms with Crippen LogP contribution in [0.25, 0.3) is 0 Å². The van der Waals surface area contributed by atoms with E-state index in [0.717, 1.165) is 16.7 Å². The molecule has 3 aromatic carbocycles. The van der Waals surface area contributed by atoms with Crippen LogP contribution in [-0.2, 0) is 38.8 Å². The summed E-state index contributed by atoms with van der Waals surface area (Å²) in [5.74, 6) is 2.55. The first-order valence-electron chi connectivity index (χ1n) is 11.5. The molecule has 1 fully saturated rings. The van der Waals surface area contributed by atoms with Crippen molar-refractivity contribution in [3.8, 4) is 12.3 Å². The number of terminal acetylenes is 1. The first-order valence-corrected chi connectivity index (χ1v) is 11.5. The van der Waals surface area contributed by atoms with Crippen LogP contribution < -0.4 is 0 Å². The molecular weight excluding hydrogens is 428 g/mol. The summed E-state index contributed by atoms with van der Waals surface area (Å²) in [6, 6.07) is 29.6. The van der Waals surface area contributed by atoms with Gasteiger partial charge >= 0.3 is 0 Å². The third-order valence-corrected chi connectivity index (χ3v) is 5.79. The van der Waals surface area contributed by atoms with Crippen LogP contribution in [-0.4, -0.2) is 42.2 Å². The predicted molar refractivity (Wildman–Crippen MR) is 130 cm³/mol. The zero-order valence-electron chi connectivity index (χ0n) is 19.0. The van der Waals surface area contributed by atoms with Crippen molar-refractivity contribution in [2.45, 2.75) is 50.3 Å². The summed E-state index contributed by atoms with van der Waals surface area (Å²) in [7, 11) is 0. The summed E-state index contributed by atoms with van der Waals surface area (Å²) < 4.78 is 24.5. The molecule has 0 unspecified atom stereocenters. The molecule has 0 saturated carbocycles. The lowest BCUT2D eigenvalue weighted by Crippen LogP contribution is -2.60. The Hall–Kier alpha value is -2.98. The number of rotatable bonds is 10. The van der Waals surface area contributed by atoms with Crippen LogP contribution in [0.2, 0.25) is 0 Å². The number of hydrogen-bond donors (Lipinski definition) is 1. The second kappa shape index (κ2) is 12.5. The molecule has 5 atom stereocenters. The van der Waals surface area contributed by atoms with Gasteiger partial charge in [0.25, 0.3) is 0 Å². The Morgan fingerprint density at radius 1 is 0.706 bits per heavy atom. The third-order valence-electron chi connectivity index (χ3n) is 5.79. The van der Waals surface area contributed by atoms with Crippen LogP contribution in [0, 0.1) is 12.3 Å². The van der Waals surface area contributed by atoms with Crippen LogP contribution in [0.5, 0.6) is 0 Å². The van der Waals surface area contributed by atoms with Gasteiger partial charge in [-0.3, -0.25) is 0 Å². The maximum Gasteiger partial charge on any atom is 0.146 e. The average Bonchev–Trinajstić information content (AvgIpc) is 2.89. The molecule has 0 bridgehead atoms. The highest BCUT2D eigenvalue weighted by Gasteiger charge is 2.46. The Morgan fingerprint density at radius 3 is 1.68 bits per heavy atom. The minimum absolute atomic E-state index is 0.254. The number of benzene rings is 3. The molecule has 0 aliphatic carbocycles. The van der Waals surface area contributed by atoms with Crippen molar-refractivity contribution in [1.82, 2.24) is 0 Å². The van der Waals surface area contributed by atoms with Crippen molar-refractivity contribution in [1.29, 1.82) is 0 Å². The van der Waals surface area contributed by atoms with Crippen LogP contribution in [0.4, 0.5) is 0 Å². The fraction of sp³-hybridized carbons (Fsp3) is 0.310. The van der Waals surface area contributed by atoms with Crippen molar-refractivity contribution in [2.24, 2.45) is 0 Å². The van der Waals surface area contributed by atoms with E-state index < -0.39 is 30.5 Å². The Balaban J connectivity index is 1.49. The van der Waals surface area contributed by atoms with Gasteiger partial charge in [-0.25, -0.2) is 0 Å². The van der Waals surface area contributed by atoms with Crippen molar-refractivity contribution >= 4 is 0 Å². The van der Waals surface area contributed by atoms with Gasteiger partial charge in [-0.05, 0) is 16.7 Å². The summed E-state index contributed by atoms with van der Waals surface area (Å²) in [5.41, 5.74) is 3.07. The fourth-order valence-electron chi connectivity index (χ4n) is 3.99. The molecule has 5 nitrogen and oxygen atoms in total. The smallest absolute Gasteiger partial charge is 0.146 e. The molecule has 1 aliphatic heterocycles. The van der Waals surface area contributed by atoms with Crippen LogP contribution in [0.1, 0.15) is 16.7 Å². The highest BCUT2D eigenvalue weighted by Crippen LogP contribution is 2.28. The van der Waals surface area contributed by atoms with Gasteiger partial charge in [-0.2, -0.15) is 0 Å². The van der Waals surface area contributed by atoms with Gasteiger partial charge in [0.2, 0.25) is 0 Å². The van der Waals surface area contributed by atoms with Gasteiger partial charge in [0.15, 0.2) is 0 Å². The van der Waals surface area contributed by atoms with E-state index in [0.29, 0.717) is 19.8 Å². The SMILES string of the molecule is C#C[C@H]1O[C@H](COCc2ccccc2)[C@@H](OCc2ccccc2)[C@H](OCc2ccccc2)[C@H]1O. The van der Waals surface area contributed by atoms with Crippen LogP contribution in [0.15, 0.2) is 91.0 Å². The van der Waals surface area contributed by atoms with E-state index in [1.165, 1.54) is 0 Å². The maximum absolute atomic E-state index is 11.0.